The molecule has 2 aliphatic rings. The van der Waals surface area contributed by atoms with Gasteiger partial charge >= 0.3 is 11.9 Å². The highest BCUT2D eigenvalue weighted by Gasteiger charge is 2.47. The number of ether oxygens (including phenoxy) is 3. The van der Waals surface area contributed by atoms with Crippen molar-refractivity contribution in [2.75, 3.05) is 14.2 Å². The van der Waals surface area contributed by atoms with E-state index >= 15 is 0 Å². The third-order valence-corrected chi connectivity index (χ3v) is 5.75. The molecule has 3 atom stereocenters. The number of Topliss-reactive ketones (excluding diaryl/α,β-unsaturated/α-hetero) is 1. The van der Waals surface area contributed by atoms with E-state index in [0.717, 1.165) is 11.3 Å². The Morgan fingerprint density at radius 3 is 2.32 bits per heavy atom. The van der Waals surface area contributed by atoms with E-state index < -0.39 is 23.8 Å². The van der Waals surface area contributed by atoms with Crippen molar-refractivity contribution in [2.45, 2.75) is 46.1 Å². The number of rotatable bonds is 5. The van der Waals surface area contributed by atoms with E-state index in [9.17, 15) is 14.4 Å². The summed E-state index contributed by atoms with van der Waals surface area (Å²) in [6.07, 6.45) is 0.182. The van der Waals surface area contributed by atoms with Crippen LogP contribution in [0.15, 0.2) is 46.8 Å². The number of dihydropyridines is 1. The Morgan fingerprint density at radius 2 is 1.77 bits per heavy atom. The van der Waals surface area contributed by atoms with E-state index in [1.807, 2.05) is 19.1 Å². The van der Waals surface area contributed by atoms with Crippen molar-refractivity contribution in [2.24, 2.45) is 11.8 Å². The van der Waals surface area contributed by atoms with E-state index in [4.69, 9.17) is 14.2 Å². The first-order valence-corrected chi connectivity index (χ1v) is 10.4. The van der Waals surface area contributed by atoms with E-state index in [0.29, 0.717) is 29.0 Å². The van der Waals surface area contributed by atoms with Gasteiger partial charge in [0.05, 0.1) is 25.9 Å². The van der Waals surface area contributed by atoms with Crippen LogP contribution < -0.4 is 10.1 Å². The Hall–Kier alpha value is -3.09. The molecule has 0 radical (unpaired) electrons. The van der Waals surface area contributed by atoms with Crippen LogP contribution in [-0.2, 0) is 23.9 Å². The molecule has 1 heterocycles. The van der Waals surface area contributed by atoms with Gasteiger partial charge in [0.15, 0.2) is 5.78 Å². The van der Waals surface area contributed by atoms with Crippen LogP contribution in [0.1, 0.15) is 45.6 Å². The fourth-order valence-electron chi connectivity index (χ4n) is 4.36. The number of hydrogen-bond donors (Lipinski definition) is 1. The average Bonchev–Trinajstić information content (AvgIpc) is 2.71. The summed E-state index contributed by atoms with van der Waals surface area (Å²) >= 11 is 0. The number of ketones is 1. The molecule has 0 saturated carbocycles. The molecule has 0 spiro atoms. The molecule has 7 nitrogen and oxygen atoms in total. The van der Waals surface area contributed by atoms with Crippen LogP contribution in [0.2, 0.25) is 0 Å². The molecular weight excluding hydrogens is 398 g/mol. The molecule has 0 amide bonds. The van der Waals surface area contributed by atoms with Crippen molar-refractivity contribution < 1.29 is 28.6 Å². The molecule has 166 valence electrons. The zero-order valence-corrected chi connectivity index (χ0v) is 18.8. The number of allylic oxidation sites excluding steroid dienone is 3. The topological polar surface area (TPSA) is 90.9 Å². The number of carbonyl (C=O) groups excluding carboxylic acids is 3. The quantitative estimate of drug-likeness (QED) is 0.570. The third kappa shape index (κ3) is 4.22. The molecule has 0 aromatic heterocycles. The molecule has 1 aliphatic heterocycles. The Bertz CT molecular complexity index is 957. The van der Waals surface area contributed by atoms with Gasteiger partial charge in [0.2, 0.25) is 0 Å². The fourth-order valence-corrected chi connectivity index (χ4v) is 4.36. The van der Waals surface area contributed by atoms with Gasteiger partial charge in [-0.3, -0.25) is 9.59 Å². The molecular formula is C24H29NO6. The van der Waals surface area contributed by atoms with Crippen LogP contribution in [0.5, 0.6) is 5.75 Å². The summed E-state index contributed by atoms with van der Waals surface area (Å²) in [7, 11) is 2.85. The summed E-state index contributed by atoms with van der Waals surface area (Å²) in [6, 6.07) is 7.22. The van der Waals surface area contributed by atoms with Gasteiger partial charge in [-0.2, -0.15) is 0 Å². The van der Waals surface area contributed by atoms with Crippen molar-refractivity contribution >= 4 is 17.7 Å². The number of carbonyl (C=O) groups is 3. The highest BCUT2D eigenvalue weighted by molar-refractivity contribution is 6.12. The largest absolute Gasteiger partial charge is 0.497 e. The lowest BCUT2D eigenvalue weighted by Gasteiger charge is -2.38. The molecule has 31 heavy (non-hydrogen) atoms. The van der Waals surface area contributed by atoms with Crippen LogP contribution in [0.25, 0.3) is 0 Å². The van der Waals surface area contributed by atoms with E-state index in [1.54, 1.807) is 40.0 Å². The minimum atomic E-state index is -0.910. The summed E-state index contributed by atoms with van der Waals surface area (Å²) in [6.45, 7) is 7.21. The summed E-state index contributed by atoms with van der Waals surface area (Å²) in [5.41, 5.74) is 2.90. The maximum atomic E-state index is 13.6. The highest BCUT2D eigenvalue weighted by Crippen LogP contribution is 2.45. The summed E-state index contributed by atoms with van der Waals surface area (Å²) in [5, 5.41) is 3.24. The van der Waals surface area contributed by atoms with Gasteiger partial charge in [-0.1, -0.05) is 19.1 Å². The molecule has 0 saturated heterocycles. The zero-order valence-electron chi connectivity index (χ0n) is 18.8. The Morgan fingerprint density at radius 1 is 1.13 bits per heavy atom. The predicted octanol–water partition coefficient (Wildman–Crippen LogP) is 3.26. The van der Waals surface area contributed by atoms with Gasteiger partial charge < -0.3 is 19.5 Å². The smallest absolute Gasteiger partial charge is 0.337 e. The SMILES string of the molecule is COC(=O)[C@@H]1C(=O)C2=C(C[C@H]1C)NC(C)=C(C(=O)OC(C)C)[C@@H]2c1ccc(OC)cc1. The van der Waals surface area contributed by atoms with Gasteiger partial charge in [-0.15, -0.1) is 0 Å². The first-order chi connectivity index (χ1) is 14.7. The minimum Gasteiger partial charge on any atom is -0.497 e. The summed E-state index contributed by atoms with van der Waals surface area (Å²) < 4.78 is 15.7. The molecule has 3 rings (SSSR count). The maximum absolute atomic E-state index is 13.6. The van der Waals surface area contributed by atoms with Crippen LogP contribution in [0.3, 0.4) is 0 Å². The average molecular weight is 427 g/mol. The first kappa shape index (κ1) is 22.6. The van der Waals surface area contributed by atoms with E-state index in [-0.39, 0.29) is 17.8 Å². The van der Waals surface area contributed by atoms with Crippen molar-refractivity contribution in [3.05, 3.63) is 52.4 Å². The van der Waals surface area contributed by atoms with Crippen LogP contribution in [0.4, 0.5) is 0 Å². The molecule has 0 fully saturated rings. The highest BCUT2D eigenvalue weighted by atomic mass is 16.5. The van der Waals surface area contributed by atoms with Gasteiger partial charge in [-0.25, -0.2) is 4.79 Å². The van der Waals surface area contributed by atoms with Crippen molar-refractivity contribution in [1.82, 2.24) is 5.32 Å². The number of benzene rings is 1. The number of nitrogens with one attached hydrogen (secondary N) is 1. The molecule has 7 heteroatoms. The first-order valence-electron chi connectivity index (χ1n) is 10.4. The second-order valence-electron chi connectivity index (χ2n) is 8.26. The van der Waals surface area contributed by atoms with Crippen LogP contribution in [0, 0.1) is 11.8 Å². The standard InChI is InChI=1S/C24H29NO6/c1-12(2)31-24(28)19-14(4)25-17-11-13(3)18(23(27)30-6)22(26)21(17)20(19)15-7-9-16(29-5)10-8-15/h7-10,12-13,18,20,25H,11H2,1-6H3/t13-,18+,20+/m1/s1. The molecule has 1 aliphatic carbocycles. The second kappa shape index (κ2) is 8.96. The maximum Gasteiger partial charge on any atom is 0.337 e. The summed E-state index contributed by atoms with van der Waals surface area (Å²) in [5.74, 6) is -2.50. The molecule has 1 aromatic rings. The van der Waals surface area contributed by atoms with Crippen LogP contribution >= 0.6 is 0 Å². The molecule has 1 aromatic carbocycles. The Kier molecular flexibility index (Phi) is 6.53. The van der Waals surface area contributed by atoms with Crippen molar-refractivity contribution in [1.29, 1.82) is 0 Å². The van der Waals surface area contributed by atoms with Crippen molar-refractivity contribution in [3.63, 3.8) is 0 Å². The minimum absolute atomic E-state index is 0.223. The second-order valence-corrected chi connectivity index (χ2v) is 8.26. The van der Waals surface area contributed by atoms with Crippen LogP contribution in [-0.4, -0.2) is 38.0 Å². The lowest BCUT2D eigenvalue weighted by Crippen LogP contribution is -2.43. The number of esters is 2. The Labute approximate surface area is 182 Å². The number of methoxy groups -OCH3 is 2. The molecule has 0 unspecified atom stereocenters. The summed E-state index contributed by atoms with van der Waals surface area (Å²) in [4.78, 5) is 39.1. The van der Waals surface area contributed by atoms with Crippen molar-refractivity contribution in [3.8, 4) is 5.75 Å². The normalized spacial score (nSPS) is 23.3. The molecule has 0 bridgehead atoms. The van der Waals surface area contributed by atoms with Gasteiger partial charge in [0, 0.05) is 22.9 Å². The number of hydrogen-bond acceptors (Lipinski definition) is 7. The fraction of sp³-hybridized carbons (Fsp3) is 0.458. The predicted molar refractivity (Wildman–Crippen MR) is 114 cm³/mol. The van der Waals surface area contributed by atoms with E-state index in [2.05, 4.69) is 5.32 Å². The van der Waals surface area contributed by atoms with Gasteiger partial charge in [-0.05, 0) is 50.8 Å². The van der Waals surface area contributed by atoms with Gasteiger partial charge in [0.1, 0.15) is 11.7 Å². The van der Waals surface area contributed by atoms with E-state index in [1.165, 1.54) is 7.11 Å². The monoisotopic (exact) mass is 427 g/mol. The third-order valence-electron chi connectivity index (χ3n) is 5.75. The molecule has 1 N–H and O–H groups in total. The lowest BCUT2D eigenvalue weighted by molar-refractivity contribution is -0.151. The zero-order chi connectivity index (χ0) is 22.9. The van der Waals surface area contributed by atoms with Gasteiger partial charge in [0.25, 0.3) is 0 Å². The lowest BCUT2D eigenvalue weighted by atomic mass is 9.69. The Balaban J connectivity index is 2.17.